The number of hydrogen-bond acceptors (Lipinski definition) is 4. The van der Waals surface area contributed by atoms with Crippen LogP contribution in [0.1, 0.15) is 74.1 Å². The van der Waals surface area contributed by atoms with Crippen molar-refractivity contribution in [3.63, 3.8) is 0 Å². The number of piperidine rings is 1. The van der Waals surface area contributed by atoms with Crippen LogP contribution in [0.2, 0.25) is 0 Å². The maximum Gasteiger partial charge on any atom is 0.410 e. The van der Waals surface area contributed by atoms with Gasteiger partial charge in [-0.05, 0) is 81.7 Å². The first-order valence-corrected chi connectivity index (χ1v) is 13.4. The van der Waals surface area contributed by atoms with Gasteiger partial charge in [-0.15, -0.1) is 0 Å². The number of fused-ring (bicyclic) bond motifs is 1. The second kappa shape index (κ2) is 11.4. The Morgan fingerprint density at radius 1 is 1.00 bits per heavy atom. The zero-order valence-electron chi connectivity index (χ0n) is 22.9. The van der Waals surface area contributed by atoms with Gasteiger partial charge < -0.3 is 18.9 Å². The second-order valence-corrected chi connectivity index (χ2v) is 11.1. The number of rotatable bonds is 7. The van der Waals surface area contributed by atoms with Crippen molar-refractivity contribution in [2.45, 2.75) is 71.9 Å². The Labute approximate surface area is 220 Å². The van der Waals surface area contributed by atoms with Gasteiger partial charge in [0.1, 0.15) is 5.60 Å². The van der Waals surface area contributed by atoms with Gasteiger partial charge in [0.2, 0.25) is 0 Å². The summed E-state index contributed by atoms with van der Waals surface area (Å²) in [6.45, 7) is 10.4. The number of ether oxygens (including phenoxy) is 2. The summed E-state index contributed by atoms with van der Waals surface area (Å²) >= 11 is 0. The molecule has 37 heavy (non-hydrogen) atoms. The van der Waals surface area contributed by atoms with Crippen LogP contribution < -0.4 is 0 Å². The smallest absolute Gasteiger partial charge is 0.410 e. The van der Waals surface area contributed by atoms with Crippen LogP contribution in [0.5, 0.6) is 0 Å². The molecule has 0 N–H and O–H groups in total. The number of hydrogen-bond donors (Lipinski definition) is 0. The van der Waals surface area contributed by atoms with Gasteiger partial charge in [-0.2, -0.15) is 0 Å². The summed E-state index contributed by atoms with van der Waals surface area (Å²) in [6, 6.07) is 16.4. The monoisotopic (exact) mass is 504 g/mol. The fourth-order valence-electron chi connectivity index (χ4n) is 5.32. The van der Waals surface area contributed by atoms with Crippen molar-refractivity contribution in [3.8, 4) is 0 Å². The zero-order chi connectivity index (χ0) is 26.6. The molecule has 0 bridgehead atoms. The van der Waals surface area contributed by atoms with Crippen molar-refractivity contribution in [1.82, 2.24) is 9.47 Å². The molecule has 2 heterocycles. The molecule has 0 aliphatic carbocycles. The molecule has 198 valence electrons. The van der Waals surface area contributed by atoms with Crippen LogP contribution in [0.25, 0.3) is 10.9 Å². The van der Waals surface area contributed by atoms with Gasteiger partial charge in [-0.1, -0.05) is 43.7 Å². The number of benzene rings is 2. The number of para-hydroxylation sites is 1. The van der Waals surface area contributed by atoms with Crippen molar-refractivity contribution in [1.29, 1.82) is 0 Å². The number of nitrogens with zero attached hydrogens (tertiary/aromatic N) is 2. The van der Waals surface area contributed by atoms with E-state index in [0.29, 0.717) is 11.5 Å². The molecule has 0 spiro atoms. The predicted molar refractivity (Wildman–Crippen MR) is 147 cm³/mol. The lowest BCUT2D eigenvalue weighted by molar-refractivity contribution is 0.0178. The molecule has 1 aliphatic rings. The first-order chi connectivity index (χ1) is 17.7. The van der Waals surface area contributed by atoms with E-state index in [4.69, 9.17) is 9.47 Å². The van der Waals surface area contributed by atoms with Gasteiger partial charge in [-0.3, -0.25) is 0 Å². The number of carbonyl (C=O) groups is 2. The Hall–Kier alpha value is -3.28. The summed E-state index contributed by atoms with van der Waals surface area (Å²) in [5.74, 6) is 0.199. The van der Waals surface area contributed by atoms with Crippen molar-refractivity contribution in [3.05, 3.63) is 70.9 Å². The van der Waals surface area contributed by atoms with E-state index < -0.39 is 5.60 Å². The van der Waals surface area contributed by atoms with Crippen molar-refractivity contribution in [2.24, 2.45) is 5.92 Å². The summed E-state index contributed by atoms with van der Waals surface area (Å²) in [4.78, 5) is 26.2. The molecule has 6 nitrogen and oxygen atoms in total. The molecule has 1 fully saturated rings. The van der Waals surface area contributed by atoms with E-state index in [0.717, 1.165) is 51.7 Å². The highest BCUT2D eigenvalue weighted by atomic mass is 16.6. The third-order valence-corrected chi connectivity index (χ3v) is 7.14. The zero-order valence-corrected chi connectivity index (χ0v) is 22.9. The number of carbonyl (C=O) groups excluding carboxylic acids is 2. The number of methoxy groups -OCH3 is 1. The highest BCUT2D eigenvalue weighted by molar-refractivity contribution is 5.89. The Balaban J connectivity index is 1.56. The number of esters is 1. The van der Waals surface area contributed by atoms with E-state index in [-0.39, 0.29) is 12.1 Å². The van der Waals surface area contributed by atoms with E-state index >= 15 is 0 Å². The normalized spacial score (nSPS) is 14.7. The van der Waals surface area contributed by atoms with Crippen LogP contribution in [0.15, 0.2) is 48.5 Å². The maximum atomic E-state index is 12.5. The predicted octanol–water partition coefficient (Wildman–Crippen LogP) is 6.62. The summed E-state index contributed by atoms with van der Waals surface area (Å²) in [7, 11) is 1.41. The minimum atomic E-state index is -0.469. The van der Waals surface area contributed by atoms with E-state index in [1.165, 1.54) is 34.8 Å². The SMILES string of the molecule is CCCc1c(Cc2ccc(C(=O)OC)cc2)c2ccccc2n1CC1CCN(C(=O)OC(C)(C)C)CC1. The lowest BCUT2D eigenvalue weighted by Gasteiger charge is -2.34. The summed E-state index contributed by atoms with van der Waals surface area (Å²) in [5.41, 5.74) is 5.33. The number of likely N-dealkylation sites (tertiary alicyclic amines) is 1. The molecule has 1 aromatic heterocycles. The lowest BCUT2D eigenvalue weighted by Crippen LogP contribution is -2.42. The van der Waals surface area contributed by atoms with E-state index in [1.807, 2.05) is 49.9 Å². The molecule has 1 amide bonds. The Bertz CT molecular complexity index is 1230. The highest BCUT2D eigenvalue weighted by Crippen LogP contribution is 2.32. The summed E-state index contributed by atoms with van der Waals surface area (Å²) < 4.78 is 13.0. The van der Waals surface area contributed by atoms with Gasteiger partial charge in [0.25, 0.3) is 0 Å². The third kappa shape index (κ3) is 6.35. The molecule has 4 rings (SSSR count). The fourth-order valence-corrected chi connectivity index (χ4v) is 5.32. The second-order valence-electron chi connectivity index (χ2n) is 11.1. The van der Waals surface area contributed by atoms with Crippen LogP contribution >= 0.6 is 0 Å². The summed E-state index contributed by atoms with van der Waals surface area (Å²) in [6.07, 6.45) is 4.65. The minimum absolute atomic E-state index is 0.204. The van der Waals surface area contributed by atoms with E-state index in [9.17, 15) is 9.59 Å². The Morgan fingerprint density at radius 3 is 2.30 bits per heavy atom. The largest absolute Gasteiger partial charge is 0.465 e. The molecule has 1 aliphatic heterocycles. The standard InChI is InChI=1S/C31H40N2O4/c1-6-9-27-26(20-22-12-14-24(15-13-22)29(34)36-5)25-10-7-8-11-28(25)33(27)21-23-16-18-32(19-17-23)30(35)37-31(2,3)4/h7-8,10-15,23H,6,9,16-21H2,1-5H3. The average Bonchev–Trinajstić information content (AvgIpc) is 3.16. The lowest BCUT2D eigenvalue weighted by atomic mass is 9.96. The van der Waals surface area contributed by atoms with Crippen LogP contribution in [-0.2, 0) is 28.9 Å². The van der Waals surface area contributed by atoms with Crippen LogP contribution in [0.3, 0.4) is 0 Å². The highest BCUT2D eigenvalue weighted by Gasteiger charge is 2.28. The van der Waals surface area contributed by atoms with Crippen LogP contribution in [-0.4, -0.2) is 47.3 Å². The Morgan fingerprint density at radius 2 is 1.68 bits per heavy atom. The summed E-state index contributed by atoms with van der Waals surface area (Å²) in [5, 5.41) is 1.30. The fraction of sp³-hybridized carbons (Fsp3) is 0.484. The number of amides is 1. The van der Waals surface area contributed by atoms with Gasteiger partial charge >= 0.3 is 12.1 Å². The number of aromatic nitrogens is 1. The molecule has 0 saturated carbocycles. The van der Waals surface area contributed by atoms with Gasteiger partial charge in [-0.25, -0.2) is 9.59 Å². The van der Waals surface area contributed by atoms with Gasteiger partial charge in [0, 0.05) is 36.2 Å². The molecular formula is C31H40N2O4. The molecule has 0 atom stereocenters. The van der Waals surface area contributed by atoms with Crippen LogP contribution in [0, 0.1) is 5.92 Å². The van der Waals surface area contributed by atoms with Gasteiger partial charge in [0.05, 0.1) is 12.7 Å². The molecule has 1 saturated heterocycles. The topological polar surface area (TPSA) is 60.8 Å². The van der Waals surface area contributed by atoms with Gasteiger partial charge in [0.15, 0.2) is 0 Å². The van der Waals surface area contributed by atoms with Crippen molar-refractivity contribution >= 4 is 23.0 Å². The molecule has 3 aromatic rings. The first-order valence-electron chi connectivity index (χ1n) is 13.4. The molecule has 6 heteroatoms. The minimum Gasteiger partial charge on any atom is -0.465 e. The first kappa shape index (κ1) is 26.8. The average molecular weight is 505 g/mol. The molecule has 2 aromatic carbocycles. The van der Waals surface area contributed by atoms with Crippen molar-refractivity contribution in [2.75, 3.05) is 20.2 Å². The van der Waals surface area contributed by atoms with E-state index in [1.54, 1.807) is 0 Å². The van der Waals surface area contributed by atoms with E-state index in [2.05, 4.69) is 35.8 Å². The third-order valence-electron chi connectivity index (χ3n) is 7.14. The maximum absolute atomic E-state index is 12.5. The molecule has 0 radical (unpaired) electrons. The Kier molecular flexibility index (Phi) is 8.25. The quantitative estimate of drug-likeness (QED) is 0.339. The van der Waals surface area contributed by atoms with Crippen molar-refractivity contribution < 1.29 is 19.1 Å². The molecular weight excluding hydrogens is 464 g/mol. The van der Waals surface area contributed by atoms with Crippen LogP contribution in [0.4, 0.5) is 4.79 Å². The molecule has 0 unspecified atom stereocenters.